The van der Waals surface area contributed by atoms with E-state index in [4.69, 9.17) is 14.2 Å². The number of Topliss-reactive ketones (excluding diaryl/α,β-unsaturated/α-hetero) is 1. The van der Waals surface area contributed by atoms with Gasteiger partial charge in [-0.1, -0.05) is 18.2 Å². The van der Waals surface area contributed by atoms with E-state index in [1.54, 1.807) is 26.0 Å². The molecule has 7 nitrogen and oxygen atoms in total. The molecule has 0 fully saturated rings. The van der Waals surface area contributed by atoms with E-state index in [0.29, 0.717) is 22.6 Å². The van der Waals surface area contributed by atoms with Gasteiger partial charge >= 0.3 is 11.9 Å². The SMILES string of the molecule is COC(=O)c1c(C)[nH]c(C(=O)[C@H](C)OC(=O)COc2ccccc2C)c1C. The van der Waals surface area contributed by atoms with Crippen LogP contribution in [0.1, 0.15) is 44.6 Å². The van der Waals surface area contributed by atoms with Crippen molar-refractivity contribution in [3.8, 4) is 5.75 Å². The number of esters is 2. The second-order valence-corrected chi connectivity index (χ2v) is 6.17. The Balaban J connectivity index is 2.02. The van der Waals surface area contributed by atoms with Gasteiger partial charge in [-0.3, -0.25) is 4.79 Å². The van der Waals surface area contributed by atoms with E-state index in [-0.39, 0.29) is 12.3 Å². The first-order valence-electron chi connectivity index (χ1n) is 8.45. The van der Waals surface area contributed by atoms with Crippen molar-refractivity contribution in [2.45, 2.75) is 33.8 Å². The van der Waals surface area contributed by atoms with Crippen molar-refractivity contribution in [1.29, 1.82) is 0 Å². The number of aromatic amines is 1. The highest BCUT2D eigenvalue weighted by molar-refractivity contribution is 6.03. The Kier molecular flexibility index (Phi) is 6.39. The summed E-state index contributed by atoms with van der Waals surface area (Å²) < 4.78 is 15.3. The first kappa shape index (κ1) is 20.2. The van der Waals surface area contributed by atoms with Crippen LogP contribution in [-0.4, -0.2) is 42.5 Å². The highest BCUT2D eigenvalue weighted by Crippen LogP contribution is 2.21. The molecule has 0 aliphatic rings. The molecular formula is C20H23NO6. The molecule has 144 valence electrons. The van der Waals surface area contributed by atoms with Gasteiger partial charge in [0, 0.05) is 5.69 Å². The Morgan fingerprint density at radius 3 is 2.41 bits per heavy atom. The molecule has 0 aliphatic carbocycles. The average Bonchev–Trinajstić information content (AvgIpc) is 2.94. The Morgan fingerprint density at radius 1 is 1.11 bits per heavy atom. The fourth-order valence-corrected chi connectivity index (χ4v) is 2.75. The predicted octanol–water partition coefficient (Wildman–Crippen LogP) is 2.92. The number of rotatable bonds is 7. The zero-order chi connectivity index (χ0) is 20.1. The monoisotopic (exact) mass is 373 g/mol. The number of aromatic nitrogens is 1. The zero-order valence-corrected chi connectivity index (χ0v) is 16.0. The molecule has 0 saturated heterocycles. The van der Waals surface area contributed by atoms with Gasteiger partial charge in [-0.05, 0) is 44.9 Å². The minimum absolute atomic E-state index is 0.216. The lowest BCUT2D eigenvalue weighted by Gasteiger charge is -2.13. The van der Waals surface area contributed by atoms with Crippen LogP contribution in [-0.2, 0) is 14.3 Å². The number of benzene rings is 1. The van der Waals surface area contributed by atoms with Crippen LogP contribution < -0.4 is 4.74 Å². The van der Waals surface area contributed by atoms with Gasteiger partial charge in [-0.2, -0.15) is 0 Å². The van der Waals surface area contributed by atoms with E-state index < -0.39 is 23.8 Å². The van der Waals surface area contributed by atoms with Gasteiger partial charge in [0.25, 0.3) is 0 Å². The summed E-state index contributed by atoms with van der Waals surface area (Å²) >= 11 is 0. The van der Waals surface area contributed by atoms with E-state index in [9.17, 15) is 14.4 Å². The van der Waals surface area contributed by atoms with Crippen molar-refractivity contribution in [2.24, 2.45) is 0 Å². The van der Waals surface area contributed by atoms with Crippen molar-refractivity contribution in [3.63, 3.8) is 0 Å². The van der Waals surface area contributed by atoms with Crippen LogP contribution in [0.4, 0.5) is 0 Å². The number of hydrogen-bond donors (Lipinski definition) is 1. The average molecular weight is 373 g/mol. The fourth-order valence-electron chi connectivity index (χ4n) is 2.75. The molecule has 1 aromatic heterocycles. The minimum Gasteiger partial charge on any atom is -0.482 e. The molecule has 0 aliphatic heterocycles. The summed E-state index contributed by atoms with van der Waals surface area (Å²) in [5.74, 6) is -1.05. The van der Waals surface area contributed by atoms with E-state index in [1.807, 2.05) is 19.1 Å². The van der Waals surface area contributed by atoms with E-state index in [2.05, 4.69) is 4.98 Å². The third kappa shape index (κ3) is 4.55. The predicted molar refractivity (Wildman–Crippen MR) is 98.2 cm³/mol. The molecule has 0 radical (unpaired) electrons. The van der Waals surface area contributed by atoms with Crippen LogP contribution in [0.5, 0.6) is 5.75 Å². The second-order valence-electron chi connectivity index (χ2n) is 6.17. The second kappa shape index (κ2) is 8.53. The van der Waals surface area contributed by atoms with Crippen LogP contribution >= 0.6 is 0 Å². The first-order valence-corrected chi connectivity index (χ1v) is 8.45. The molecule has 0 saturated carbocycles. The van der Waals surface area contributed by atoms with Gasteiger partial charge in [0.05, 0.1) is 18.4 Å². The number of para-hydroxylation sites is 1. The number of nitrogens with one attached hydrogen (secondary N) is 1. The maximum Gasteiger partial charge on any atom is 0.344 e. The zero-order valence-electron chi connectivity index (χ0n) is 16.0. The van der Waals surface area contributed by atoms with Crippen LogP contribution in [0.25, 0.3) is 0 Å². The van der Waals surface area contributed by atoms with Gasteiger partial charge < -0.3 is 19.2 Å². The lowest BCUT2D eigenvalue weighted by atomic mass is 10.1. The molecule has 1 atom stereocenters. The molecule has 1 N–H and O–H groups in total. The summed E-state index contributed by atoms with van der Waals surface area (Å²) in [6, 6.07) is 7.28. The third-order valence-electron chi connectivity index (χ3n) is 4.19. The fraction of sp³-hybridized carbons (Fsp3) is 0.350. The van der Waals surface area contributed by atoms with Crippen LogP contribution in [0.2, 0.25) is 0 Å². The number of ketones is 1. The molecular weight excluding hydrogens is 350 g/mol. The third-order valence-corrected chi connectivity index (χ3v) is 4.19. The maximum absolute atomic E-state index is 12.6. The van der Waals surface area contributed by atoms with E-state index in [1.165, 1.54) is 14.0 Å². The van der Waals surface area contributed by atoms with Crippen molar-refractivity contribution in [3.05, 3.63) is 52.3 Å². The summed E-state index contributed by atoms with van der Waals surface area (Å²) in [5, 5.41) is 0. The molecule has 2 aromatic rings. The number of hydrogen-bond acceptors (Lipinski definition) is 6. The molecule has 0 amide bonds. The van der Waals surface area contributed by atoms with Gasteiger partial charge in [-0.25, -0.2) is 9.59 Å². The van der Waals surface area contributed by atoms with Gasteiger partial charge in [0.2, 0.25) is 5.78 Å². The standard InChI is InChI=1S/C20H23NO6/c1-11-8-6-7-9-15(11)26-10-16(22)27-14(4)19(23)18-12(2)17(13(3)21-18)20(24)25-5/h6-9,14,21H,10H2,1-5H3/t14-/m0/s1. The Labute approximate surface area is 157 Å². The van der Waals surface area contributed by atoms with Crippen molar-refractivity contribution >= 4 is 17.7 Å². The number of H-pyrrole nitrogens is 1. The van der Waals surface area contributed by atoms with Gasteiger partial charge in [0.15, 0.2) is 12.7 Å². The molecule has 27 heavy (non-hydrogen) atoms. The Morgan fingerprint density at radius 2 is 1.78 bits per heavy atom. The molecule has 0 bridgehead atoms. The quantitative estimate of drug-likeness (QED) is 0.592. The van der Waals surface area contributed by atoms with Crippen LogP contribution in [0, 0.1) is 20.8 Å². The first-order chi connectivity index (χ1) is 12.8. The van der Waals surface area contributed by atoms with E-state index in [0.717, 1.165) is 5.56 Å². The lowest BCUT2D eigenvalue weighted by Crippen LogP contribution is -2.28. The summed E-state index contributed by atoms with van der Waals surface area (Å²) in [6.45, 7) is 6.34. The summed E-state index contributed by atoms with van der Waals surface area (Å²) in [5.41, 5.74) is 2.39. The number of carbonyl (C=O) groups excluding carboxylic acids is 3. The molecule has 2 rings (SSSR count). The Bertz CT molecular complexity index is 867. The topological polar surface area (TPSA) is 94.7 Å². The molecule has 0 unspecified atom stereocenters. The minimum atomic E-state index is -1.03. The van der Waals surface area contributed by atoms with Gasteiger partial charge in [0.1, 0.15) is 5.75 Å². The Hall–Kier alpha value is -3.09. The maximum atomic E-state index is 12.6. The molecule has 1 aromatic carbocycles. The van der Waals surface area contributed by atoms with E-state index >= 15 is 0 Å². The summed E-state index contributed by atoms with van der Waals surface area (Å²) in [4.78, 5) is 39.3. The molecule has 1 heterocycles. The van der Waals surface area contributed by atoms with Crippen molar-refractivity contribution in [2.75, 3.05) is 13.7 Å². The molecule has 0 spiro atoms. The van der Waals surface area contributed by atoms with Crippen molar-refractivity contribution in [1.82, 2.24) is 4.98 Å². The summed E-state index contributed by atoms with van der Waals surface area (Å²) in [6.07, 6.45) is -1.03. The smallest absolute Gasteiger partial charge is 0.344 e. The van der Waals surface area contributed by atoms with Crippen LogP contribution in [0.3, 0.4) is 0 Å². The van der Waals surface area contributed by atoms with Crippen LogP contribution in [0.15, 0.2) is 24.3 Å². The number of ether oxygens (including phenoxy) is 3. The lowest BCUT2D eigenvalue weighted by molar-refractivity contribution is -0.148. The highest BCUT2D eigenvalue weighted by Gasteiger charge is 2.27. The summed E-state index contributed by atoms with van der Waals surface area (Å²) in [7, 11) is 1.27. The van der Waals surface area contributed by atoms with Gasteiger partial charge in [-0.15, -0.1) is 0 Å². The largest absolute Gasteiger partial charge is 0.482 e. The van der Waals surface area contributed by atoms with Crippen molar-refractivity contribution < 1.29 is 28.6 Å². The number of aryl methyl sites for hydroxylation is 2. The number of carbonyl (C=O) groups is 3. The highest BCUT2D eigenvalue weighted by atomic mass is 16.6. The molecule has 7 heteroatoms. The number of methoxy groups -OCH3 is 1. The normalized spacial score (nSPS) is 11.6.